The van der Waals surface area contributed by atoms with Crippen LogP contribution in [0.2, 0.25) is 0 Å². The van der Waals surface area contributed by atoms with Crippen LogP contribution in [-0.2, 0) is 17.1 Å². The van der Waals surface area contributed by atoms with Crippen LogP contribution in [-0.4, -0.2) is 39.4 Å². The summed E-state index contributed by atoms with van der Waals surface area (Å²) in [5.74, 6) is -1.85. The summed E-state index contributed by atoms with van der Waals surface area (Å²) in [5, 5.41) is 0.634. The maximum absolute atomic E-state index is 14.1. The van der Waals surface area contributed by atoms with Crippen molar-refractivity contribution in [3.8, 4) is 0 Å². The lowest BCUT2D eigenvalue weighted by atomic mass is 9.96. The molecule has 1 aliphatic rings. The van der Waals surface area contributed by atoms with Crippen molar-refractivity contribution in [3.05, 3.63) is 82.2 Å². The molecule has 7 nitrogen and oxygen atoms in total. The van der Waals surface area contributed by atoms with Crippen LogP contribution < -0.4 is 11.3 Å². The van der Waals surface area contributed by atoms with Gasteiger partial charge in [0, 0.05) is 42.4 Å². The third kappa shape index (κ3) is 5.27. The molecule has 0 unspecified atom stereocenters. The van der Waals surface area contributed by atoms with Gasteiger partial charge in [-0.2, -0.15) is 0 Å². The van der Waals surface area contributed by atoms with Crippen LogP contribution in [0.4, 0.5) is 8.78 Å². The second kappa shape index (κ2) is 10.4. The third-order valence-corrected chi connectivity index (χ3v) is 7.05. The lowest BCUT2D eigenvalue weighted by Gasteiger charge is -2.30. The van der Waals surface area contributed by atoms with Crippen LogP contribution in [0.15, 0.2) is 59.0 Å². The lowest BCUT2D eigenvalue weighted by molar-refractivity contribution is -0.123. The van der Waals surface area contributed by atoms with Crippen LogP contribution in [0.25, 0.3) is 10.9 Å². The van der Waals surface area contributed by atoms with Gasteiger partial charge in [-0.15, -0.1) is 6.58 Å². The highest BCUT2D eigenvalue weighted by Gasteiger charge is 2.27. The van der Waals surface area contributed by atoms with Gasteiger partial charge in [-0.25, -0.2) is 13.8 Å². The highest BCUT2D eigenvalue weighted by Crippen LogP contribution is 2.25. The maximum Gasteiger partial charge on any atom is 0.262 e. The molecule has 2 amide bonds. The van der Waals surface area contributed by atoms with Crippen molar-refractivity contribution in [3.63, 3.8) is 0 Å². The third-order valence-electron chi connectivity index (χ3n) is 6.03. The maximum atomic E-state index is 14.1. The predicted molar refractivity (Wildman–Crippen MR) is 130 cm³/mol. The largest absolute Gasteiger partial charge is 0.369 e. The summed E-state index contributed by atoms with van der Waals surface area (Å²) in [6, 6.07) is 7.91. The molecule has 0 radical (unpaired) electrons. The Labute approximate surface area is 204 Å². The van der Waals surface area contributed by atoms with Crippen molar-refractivity contribution in [2.45, 2.75) is 30.3 Å². The summed E-state index contributed by atoms with van der Waals surface area (Å²) >= 11 is 1.10. The first kappa shape index (κ1) is 24.6. The highest BCUT2D eigenvalue weighted by molar-refractivity contribution is 7.98. The molecule has 2 heterocycles. The van der Waals surface area contributed by atoms with Gasteiger partial charge in [0.05, 0.1) is 10.9 Å². The molecule has 1 aliphatic heterocycles. The van der Waals surface area contributed by atoms with Gasteiger partial charge in [0.1, 0.15) is 11.6 Å². The Morgan fingerprint density at radius 2 is 1.91 bits per heavy atom. The van der Waals surface area contributed by atoms with Crippen molar-refractivity contribution in [2.75, 3.05) is 13.1 Å². The number of nitrogens with two attached hydrogens (primary N) is 1. The average molecular weight is 499 g/mol. The quantitative estimate of drug-likeness (QED) is 0.306. The Morgan fingerprint density at radius 1 is 1.17 bits per heavy atom. The molecule has 182 valence electrons. The topological polar surface area (TPSA) is 98.3 Å². The zero-order chi connectivity index (χ0) is 25.1. The zero-order valence-electron chi connectivity index (χ0n) is 18.9. The molecule has 3 aromatic rings. The van der Waals surface area contributed by atoms with Crippen LogP contribution in [0.5, 0.6) is 0 Å². The van der Waals surface area contributed by atoms with E-state index in [-0.39, 0.29) is 41.2 Å². The van der Waals surface area contributed by atoms with E-state index < -0.39 is 11.6 Å². The van der Waals surface area contributed by atoms with Crippen LogP contribution in [0.1, 0.15) is 28.8 Å². The smallest absolute Gasteiger partial charge is 0.262 e. The fourth-order valence-electron chi connectivity index (χ4n) is 4.08. The number of allylic oxidation sites excluding steroid dienone is 1. The second-order valence-corrected chi connectivity index (χ2v) is 9.27. The summed E-state index contributed by atoms with van der Waals surface area (Å²) in [5.41, 5.74) is 5.90. The number of hydrogen-bond donors (Lipinski definition) is 1. The minimum Gasteiger partial charge on any atom is -0.369 e. The summed E-state index contributed by atoms with van der Waals surface area (Å²) in [6.45, 7) is 4.70. The molecule has 2 N–H and O–H groups in total. The molecular formula is C25H24F2N4O3S. The van der Waals surface area contributed by atoms with E-state index in [9.17, 15) is 23.2 Å². The van der Waals surface area contributed by atoms with Crippen molar-refractivity contribution in [2.24, 2.45) is 11.7 Å². The number of rotatable bonds is 7. The minimum atomic E-state index is -0.556. The molecular weight excluding hydrogens is 474 g/mol. The fourth-order valence-corrected chi connectivity index (χ4v) is 5.06. The van der Waals surface area contributed by atoms with Gasteiger partial charge in [0.15, 0.2) is 5.16 Å². The molecule has 10 heteroatoms. The number of benzene rings is 2. The molecule has 0 saturated carbocycles. The Bertz CT molecular complexity index is 1370. The van der Waals surface area contributed by atoms with E-state index in [0.717, 1.165) is 30.0 Å². The molecule has 0 aliphatic carbocycles. The van der Waals surface area contributed by atoms with Gasteiger partial charge >= 0.3 is 0 Å². The van der Waals surface area contributed by atoms with Gasteiger partial charge in [0.2, 0.25) is 5.91 Å². The van der Waals surface area contributed by atoms with E-state index in [1.54, 1.807) is 29.2 Å². The monoisotopic (exact) mass is 498 g/mol. The molecule has 1 saturated heterocycles. The standard InChI is InChI=1S/C25H24F2N4O3S/c1-2-9-31-24(34)19-5-3-16(23(33)30-10-7-15(8-11-30)22(28)32)13-21(19)29-25(31)35-14-17-12-18(26)4-6-20(17)27/h2-6,12-13,15H,1,7-11,14H2,(H2,28,32). The number of carbonyl (C=O) groups excluding carboxylic acids is 2. The van der Waals surface area contributed by atoms with E-state index in [2.05, 4.69) is 11.6 Å². The number of likely N-dealkylation sites (tertiary alicyclic amines) is 1. The molecule has 2 aromatic carbocycles. The van der Waals surface area contributed by atoms with Gasteiger partial charge in [0.25, 0.3) is 11.5 Å². The number of carbonyl (C=O) groups is 2. The SMILES string of the molecule is C=CCn1c(SCc2cc(F)ccc2F)nc2cc(C(=O)N3CCC(C(N)=O)CC3)ccc2c1=O. The number of piperidine rings is 1. The first-order valence-corrected chi connectivity index (χ1v) is 12.1. The van der Waals surface area contributed by atoms with Crippen LogP contribution >= 0.6 is 11.8 Å². The van der Waals surface area contributed by atoms with Crippen LogP contribution in [0.3, 0.4) is 0 Å². The van der Waals surface area contributed by atoms with Gasteiger partial charge < -0.3 is 10.6 Å². The highest BCUT2D eigenvalue weighted by atomic mass is 32.2. The van der Waals surface area contributed by atoms with E-state index in [0.29, 0.717) is 47.6 Å². The number of primary amides is 1. The number of fused-ring (bicyclic) bond motifs is 1. The van der Waals surface area contributed by atoms with Gasteiger partial charge in [-0.3, -0.25) is 19.0 Å². The van der Waals surface area contributed by atoms with Gasteiger partial charge in [-0.1, -0.05) is 17.8 Å². The fraction of sp³-hybridized carbons (Fsp3) is 0.280. The number of hydrogen-bond acceptors (Lipinski definition) is 5. The van der Waals surface area contributed by atoms with E-state index >= 15 is 0 Å². The normalized spacial score (nSPS) is 14.3. The zero-order valence-corrected chi connectivity index (χ0v) is 19.7. The molecule has 4 rings (SSSR count). The first-order valence-electron chi connectivity index (χ1n) is 11.1. The Kier molecular flexibility index (Phi) is 7.30. The molecule has 35 heavy (non-hydrogen) atoms. The number of thioether (sulfide) groups is 1. The number of amides is 2. The summed E-state index contributed by atoms with van der Waals surface area (Å²) in [7, 11) is 0. The summed E-state index contributed by atoms with van der Waals surface area (Å²) < 4.78 is 29.1. The number of nitrogens with zero attached hydrogens (tertiary/aromatic N) is 3. The van der Waals surface area contributed by atoms with Crippen LogP contribution in [0, 0.1) is 17.6 Å². The van der Waals surface area contributed by atoms with Gasteiger partial charge in [-0.05, 0) is 49.2 Å². The molecule has 1 fully saturated rings. The molecule has 0 atom stereocenters. The van der Waals surface area contributed by atoms with Crippen molar-refractivity contribution < 1.29 is 18.4 Å². The van der Waals surface area contributed by atoms with E-state index in [4.69, 9.17) is 5.73 Å². The average Bonchev–Trinajstić information content (AvgIpc) is 2.86. The number of aromatic nitrogens is 2. The summed E-state index contributed by atoms with van der Waals surface area (Å²) in [6.07, 6.45) is 2.57. The van der Waals surface area contributed by atoms with Crippen molar-refractivity contribution >= 4 is 34.5 Å². The Morgan fingerprint density at radius 3 is 2.60 bits per heavy atom. The number of halogens is 2. The molecule has 0 spiro atoms. The first-order chi connectivity index (χ1) is 16.8. The lowest BCUT2D eigenvalue weighted by Crippen LogP contribution is -2.41. The van der Waals surface area contributed by atoms with E-state index in [1.165, 1.54) is 4.57 Å². The Hall–Kier alpha value is -3.53. The van der Waals surface area contributed by atoms with Crippen molar-refractivity contribution in [1.82, 2.24) is 14.5 Å². The Balaban J connectivity index is 1.64. The predicted octanol–water partition coefficient (Wildman–Crippen LogP) is 3.49. The molecule has 0 bridgehead atoms. The minimum absolute atomic E-state index is 0.0616. The van der Waals surface area contributed by atoms with Crippen molar-refractivity contribution in [1.29, 1.82) is 0 Å². The molecule has 1 aromatic heterocycles. The second-order valence-electron chi connectivity index (χ2n) is 8.32. The summed E-state index contributed by atoms with van der Waals surface area (Å²) in [4.78, 5) is 43.8. The van der Waals surface area contributed by atoms with E-state index in [1.807, 2.05) is 0 Å².